The van der Waals surface area contributed by atoms with Crippen molar-refractivity contribution in [2.24, 2.45) is 0 Å². The molecule has 2 heterocycles. The molecule has 2 rings (SSSR count). The van der Waals surface area contributed by atoms with E-state index >= 15 is 0 Å². The second-order valence-corrected chi connectivity index (χ2v) is 3.20. The molecule has 0 aliphatic carbocycles. The molecule has 4 nitrogen and oxygen atoms in total. The van der Waals surface area contributed by atoms with E-state index < -0.39 is 17.4 Å². The van der Waals surface area contributed by atoms with Gasteiger partial charge in [-0.15, -0.1) is 0 Å². The van der Waals surface area contributed by atoms with Crippen molar-refractivity contribution < 1.29 is 13.2 Å². The predicted molar refractivity (Wildman–Crippen MR) is 52.7 cm³/mol. The van der Waals surface area contributed by atoms with Gasteiger partial charge in [-0.3, -0.25) is 9.20 Å². The lowest BCUT2D eigenvalue weighted by atomic mass is 10.3. The molecule has 86 valence electrons. The summed E-state index contributed by atoms with van der Waals surface area (Å²) in [7, 11) is 0. The highest BCUT2D eigenvalue weighted by atomic mass is 19.4. The maximum absolute atomic E-state index is 12.4. The van der Waals surface area contributed by atoms with Crippen LogP contribution in [0.25, 0.3) is 10.5 Å². The quantitative estimate of drug-likeness (QED) is 0.661. The minimum absolute atomic E-state index is 0.122. The molecule has 0 spiro atoms. The first kappa shape index (κ1) is 11.1. The summed E-state index contributed by atoms with van der Waals surface area (Å²) < 4.78 is 38.2. The second-order valence-electron chi connectivity index (χ2n) is 3.20. The summed E-state index contributed by atoms with van der Waals surface area (Å²) in [5.41, 5.74) is -2.17. The Balaban J connectivity index is 2.80. The second kappa shape index (κ2) is 3.59. The first-order valence-corrected chi connectivity index (χ1v) is 4.40. The average Bonchev–Trinajstić information content (AvgIpc) is 2.27. The average molecular weight is 239 g/mol. The molecule has 7 heteroatoms. The first-order valence-electron chi connectivity index (χ1n) is 4.40. The van der Waals surface area contributed by atoms with Gasteiger partial charge in [-0.25, -0.2) is 9.83 Å². The van der Waals surface area contributed by atoms with Crippen molar-refractivity contribution in [3.8, 4) is 0 Å². The fraction of sp³-hybridized carbons (Fsp3) is 0.100. The third kappa shape index (κ3) is 1.97. The van der Waals surface area contributed by atoms with Gasteiger partial charge in [0.25, 0.3) is 5.56 Å². The molecule has 17 heavy (non-hydrogen) atoms. The zero-order valence-electron chi connectivity index (χ0n) is 8.19. The van der Waals surface area contributed by atoms with Crippen LogP contribution in [0.1, 0.15) is 5.69 Å². The number of rotatable bonds is 0. The van der Waals surface area contributed by atoms with Gasteiger partial charge in [0.1, 0.15) is 5.65 Å². The Morgan fingerprint density at radius 2 is 2.06 bits per heavy atom. The molecule has 2 aromatic heterocycles. The Kier molecular flexibility index (Phi) is 2.35. The number of hydrogen-bond donors (Lipinski definition) is 0. The lowest BCUT2D eigenvalue weighted by molar-refractivity contribution is -0.141. The fourth-order valence-corrected chi connectivity index (χ4v) is 1.31. The highest BCUT2D eigenvalue weighted by Crippen LogP contribution is 2.27. The summed E-state index contributed by atoms with van der Waals surface area (Å²) in [6.45, 7) is 6.74. The molecule has 0 saturated heterocycles. The SMILES string of the molecule is [C-]#[N+]c1ccn2c(=O)cc(C(F)(F)F)nc2c1. The standard InChI is InChI=1S/C10H4F3N3O/c1-14-6-2-3-16-8(4-6)15-7(5-9(16)17)10(11,12)13/h2-5H. The third-order valence-corrected chi connectivity index (χ3v) is 2.07. The molecule has 0 N–H and O–H groups in total. The molecule has 0 bridgehead atoms. The van der Waals surface area contributed by atoms with E-state index in [4.69, 9.17) is 6.57 Å². The van der Waals surface area contributed by atoms with Gasteiger partial charge in [-0.05, 0) is 12.1 Å². The van der Waals surface area contributed by atoms with E-state index in [9.17, 15) is 18.0 Å². The molecule has 0 atom stereocenters. The van der Waals surface area contributed by atoms with Crippen LogP contribution in [0, 0.1) is 6.57 Å². The monoisotopic (exact) mass is 239 g/mol. The lowest BCUT2D eigenvalue weighted by Crippen LogP contribution is -2.19. The maximum Gasteiger partial charge on any atom is 0.433 e. The van der Waals surface area contributed by atoms with Gasteiger partial charge < -0.3 is 0 Å². The number of halogens is 3. The molecule has 0 amide bonds. The summed E-state index contributed by atoms with van der Waals surface area (Å²) in [6.07, 6.45) is -3.46. The van der Waals surface area contributed by atoms with E-state index in [0.717, 1.165) is 10.5 Å². The molecule has 0 fully saturated rings. The Bertz CT molecular complexity index is 682. The lowest BCUT2D eigenvalue weighted by Gasteiger charge is -2.07. The molecule has 0 unspecified atom stereocenters. The van der Waals surface area contributed by atoms with E-state index in [-0.39, 0.29) is 11.3 Å². The van der Waals surface area contributed by atoms with E-state index in [1.807, 2.05) is 0 Å². The predicted octanol–water partition coefficient (Wildman–Crippen LogP) is 2.26. The van der Waals surface area contributed by atoms with Gasteiger partial charge in [-0.2, -0.15) is 13.2 Å². The van der Waals surface area contributed by atoms with Crippen LogP contribution in [0.2, 0.25) is 0 Å². The van der Waals surface area contributed by atoms with Crippen LogP contribution >= 0.6 is 0 Å². The van der Waals surface area contributed by atoms with E-state index in [2.05, 4.69) is 9.83 Å². The largest absolute Gasteiger partial charge is 0.433 e. The topological polar surface area (TPSA) is 38.7 Å². The fourth-order valence-electron chi connectivity index (χ4n) is 1.31. The normalized spacial score (nSPS) is 11.4. The Morgan fingerprint density at radius 3 is 2.65 bits per heavy atom. The number of alkyl halides is 3. The number of pyridine rings is 1. The van der Waals surface area contributed by atoms with Crippen LogP contribution in [0.15, 0.2) is 29.2 Å². The van der Waals surface area contributed by atoms with Crippen molar-refractivity contribution in [2.45, 2.75) is 6.18 Å². The molecule has 0 aliphatic rings. The Morgan fingerprint density at radius 1 is 1.35 bits per heavy atom. The number of nitrogens with zero attached hydrogens (tertiary/aromatic N) is 3. The van der Waals surface area contributed by atoms with Gasteiger partial charge in [0.2, 0.25) is 0 Å². The summed E-state index contributed by atoms with van der Waals surface area (Å²) >= 11 is 0. The van der Waals surface area contributed by atoms with Gasteiger partial charge in [0, 0.05) is 12.3 Å². The van der Waals surface area contributed by atoms with Gasteiger partial charge in [0.15, 0.2) is 11.4 Å². The van der Waals surface area contributed by atoms with Crippen molar-refractivity contribution in [2.75, 3.05) is 0 Å². The van der Waals surface area contributed by atoms with Crippen molar-refractivity contribution in [3.05, 3.63) is 51.9 Å². The van der Waals surface area contributed by atoms with Gasteiger partial charge in [0.05, 0.1) is 6.57 Å². The molecule has 0 saturated carbocycles. The minimum atomic E-state index is -4.68. The summed E-state index contributed by atoms with van der Waals surface area (Å²) in [5, 5.41) is 0. The van der Waals surface area contributed by atoms with Crippen LogP contribution in [0.4, 0.5) is 18.9 Å². The zero-order valence-corrected chi connectivity index (χ0v) is 8.19. The van der Waals surface area contributed by atoms with Crippen molar-refractivity contribution in [1.29, 1.82) is 0 Å². The van der Waals surface area contributed by atoms with Gasteiger partial charge >= 0.3 is 6.18 Å². The molecule has 2 aromatic rings. The van der Waals surface area contributed by atoms with E-state index in [0.29, 0.717) is 6.07 Å². The van der Waals surface area contributed by atoms with Crippen LogP contribution in [-0.4, -0.2) is 9.38 Å². The first-order chi connectivity index (χ1) is 7.91. The van der Waals surface area contributed by atoms with Crippen molar-refractivity contribution in [3.63, 3.8) is 0 Å². The highest BCUT2D eigenvalue weighted by molar-refractivity contribution is 5.55. The molecular weight excluding hydrogens is 235 g/mol. The van der Waals surface area contributed by atoms with Crippen LogP contribution in [-0.2, 0) is 6.18 Å². The smallest absolute Gasteiger partial charge is 0.270 e. The van der Waals surface area contributed by atoms with Crippen LogP contribution in [0.3, 0.4) is 0 Å². The van der Waals surface area contributed by atoms with E-state index in [1.165, 1.54) is 12.3 Å². The summed E-state index contributed by atoms with van der Waals surface area (Å²) in [4.78, 5) is 17.8. The molecule has 0 aliphatic heterocycles. The van der Waals surface area contributed by atoms with Crippen molar-refractivity contribution in [1.82, 2.24) is 9.38 Å². The minimum Gasteiger partial charge on any atom is -0.270 e. The highest BCUT2D eigenvalue weighted by Gasteiger charge is 2.33. The van der Waals surface area contributed by atoms with Crippen LogP contribution < -0.4 is 5.56 Å². The third-order valence-electron chi connectivity index (χ3n) is 2.07. The molecule has 0 radical (unpaired) electrons. The van der Waals surface area contributed by atoms with Crippen molar-refractivity contribution >= 4 is 11.3 Å². The molecular formula is C10H4F3N3O. The number of aromatic nitrogens is 2. The number of fused-ring (bicyclic) bond motifs is 1. The number of hydrogen-bond acceptors (Lipinski definition) is 2. The zero-order chi connectivity index (χ0) is 12.6. The Hall–Kier alpha value is -2.36. The van der Waals surface area contributed by atoms with Crippen LogP contribution in [0.5, 0.6) is 0 Å². The maximum atomic E-state index is 12.4. The van der Waals surface area contributed by atoms with Gasteiger partial charge in [-0.1, -0.05) is 0 Å². The summed E-state index contributed by atoms with van der Waals surface area (Å²) in [6, 6.07) is 2.88. The van der Waals surface area contributed by atoms with E-state index in [1.54, 1.807) is 0 Å². The Labute approximate surface area is 92.8 Å². The molecule has 0 aromatic carbocycles. The summed E-state index contributed by atoms with van der Waals surface area (Å²) in [5.74, 6) is 0.